The van der Waals surface area contributed by atoms with Gasteiger partial charge in [-0.25, -0.2) is 13.1 Å². The third-order valence-corrected chi connectivity index (χ3v) is 5.20. The van der Waals surface area contributed by atoms with Crippen molar-refractivity contribution in [2.45, 2.75) is 49.6 Å². The quantitative estimate of drug-likeness (QED) is 0.772. The average Bonchev–Trinajstić information content (AvgIpc) is 2.42. The Hall–Kier alpha value is -1.11. The van der Waals surface area contributed by atoms with E-state index in [1.54, 1.807) is 19.1 Å². The van der Waals surface area contributed by atoms with Gasteiger partial charge in [0.15, 0.2) is 0 Å². The lowest BCUT2D eigenvalue weighted by Gasteiger charge is -2.27. The van der Waals surface area contributed by atoms with Crippen LogP contribution >= 0.6 is 0 Å². The number of nitrogens with two attached hydrogens (primary N) is 1. The van der Waals surface area contributed by atoms with Crippen LogP contribution in [-0.2, 0) is 10.0 Å². The van der Waals surface area contributed by atoms with E-state index in [0.717, 1.165) is 31.4 Å². The Balaban J connectivity index is 1.98. The molecule has 0 heterocycles. The van der Waals surface area contributed by atoms with Gasteiger partial charge in [0.2, 0.25) is 10.0 Å². The summed E-state index contributed by atoms with van der Waals surface area (Å²) in [6.45, 7) is 2.16. The molecule has 5 nitrogen and oxygen atoms in total. The Bertz CT molecular complexity index is 520. The zero-order chi connectivity index (χ0) is 14.6. The highest BCUT2D eigenvalue weighted by Gasteiger charge is 2.18. The number of benzene rings is 1. The van der Waals surface area contributed by atoms with Gasteiger partial charge in [0.1, 0.15) is 0 Å². The maximum atomic E-state index is 11.8. The molecule has 6 heteroatoms. The first-order chi connectivity index (χ1) is 9.51. The smallest absolute Gasteiger partial charge is 0.240 e. The summed E-state index contributed by atoms with van der Waals surface area (Å²) in [5, 5.41) is 3.44. The molecule has 0 amide bonds. The van der Waals surface area contributed by atoms with Gasteiger partial charge in [0.25, 0.3) is 0 Å². The van der Waals surface area contributed by atoms with E-state index >= 15 is 0 Å². The number of hydrogen-bond acceptors (Lipinski definition) is 4. The topological polar surface area (TPSA) is 84.2 Å². The van der Waals surface area contributed by atoms with Gasteiger partial charge in [-0.2, -0.15) is 0 Å². The fourth-order valence-corrected chi connectivity index (χ4v) is 3.54. The van der Waals surface area contributed by atoms with E-state index in [9.17, 15) is 8.42 Å². The first-order valence-corrected chi connectivity index (χ1v) is 8.61. The SMILES string of the molecule is CCNS(=O)(=O)c1ccc(NC2CCC(N)CC2)cc1. The largest absolute Gasteiger partial charge is 0.382 e. The van der Waals surface area contributed by atoms with Gasteiger partial charge in [-0.05, 0) is 49.9 Å². The van der Waals surface area contributed by atoms with E-state index in [1.807, 2.05) is 12.1 Å². The zero-order valence-corrected chi connectivity index (χ0v) is 12.6. The summed E-state index contributed by atoms with van der Waals surface area (Å²) in [6.07, 6.45) is 4.23. The van der Waals surface area contributed by atoms with Gasteiger partial charge in [0, 0.05) is 24.3 Å². The lowest BCUT2D eigenvalue weighted by Crippen LogP contribution is -2.32. The van der Waals surface area contributed by atoms with Crippen molar-refractivity contribution < 1.29 is 8.42 Å². The molecule has 0 atom stereocenters. The highest BCUT2D eigenvalue weighted by molar-refractivity contribution is 7.89. The Kier molecular flexibility index (Phi) is 5.01. The van der Waals surface area contributed by atoms with Crippen LogP contribution in [0.5, 0.6) is 0 Å². The summed E-state index contributed by atoms with van der Waals surface area (Å²) < 4.78 is 26.1. The minimum Gasteiger partial charge on any atom is -0.382 e. The molecule has 112 valence electrons. The van der Waals surface area contributed by atoms with E-state index in [4.69, 9.17) is 5.73 Å². The highest BCUT2D eigenvalue weighted by atomic mass is 32.2. The normalized spacial score (nSPS) is 23.5. The number of hydrogen-bond donors (Lipinski definition) is 3. The molecular weight excluding hydrogens is 274 g/mol. The van der Waals surface area contributed by atoms with Crippen molar-refractivity contribution in [2.75, 3.05) is 11.9 Å². The third kappa shape index (κ3) is 3.94. The molecule has 0 unspecified atom stereocenters. The fourth-order valence-electron chi connectivity index (χ4n) is 2.50. The van der Waals surface area contributed by atoms with Crippen molar-refractivity contribution in [3.63, 3.8) is 0 Å². The molecule has 0 saturated heterocycles. The summed E-state index contributed by atoms with van der Waals surface area (Å²) in [7, 11) is -3.36. The molecular formula is C14H23N3O2S. The van der Waals surface area contributed by atoms with Crippen LogP contribution in [0.3, 0.4) is 0 Å². The van der Waals surface area contributed by atoms with Crippen molar-refractivity contribution >= 4 is 15.7 Å². The fraction of sp³-hybridized carbons (Fsp3) is 0.571. The van der Waals surface area contributed by atoms with Crippen LogP contribution in [0.15, 0.2) is 29.2 Å². The van der Waals surface area contributed by atoms with Crippen LogP contribution in [-0.4, -0.2) is 27.0 Å². The Morgan fingerprint density at radius 2 is 1.75 bits per heavy atom. The summed E-state index contributed by atoms with van der Waals surface area (Å²) in [4.78, 5) is 0.301. The molecule has 1 aliphatic carbocycles. The van der Waals surface area contributed by atoms with E-state index in [2.05, 4.69) is 10.0 Å². The molecule has 1 saturated carbocycles. The van der Waals surface area contributed by atoms with Crippen molar-refractivity contribution in [3.05, 3.63) is 24.3 Å². The maximum Gasteiger partial charge on any atom is 0.240 e. The monoisotopic (exact) mass is 297 g/mol. The standard InChI is InChI=1S/C14H23N3O2S/c1-2-16-20(18,19)14-9-7-13(8-10-14)17-12-5-3-11(15)4-6-12/h7-12,16-17H,2-6,15H2,1H3. The summed E-state index contributed by atoms with van der Waals surface area (Å²) in [5.41, 5.74) is 6.84. The predicted molar refractivity (Wildman–Crippen MR) is 81.2 cm³/mol. The number of nitrogens with one attached hydrogen (secondary N) is 2. The Morgan fingerprint density at radius 3 is 2.30 bits per heavy atom. The molecule has 1 aliphatic rings. The van der Waals surface area contributed by atoms with Gasteiger partial charge < -0.3 is 11.1 Å². The number of anilines is 1. The molecule has 2 rings (SSSR count). The Morgan fingerprint density at radius 1 is 1.15 bits per heavy atom. The molecule has 1 aromatic rings. The maximum absolute atomic E-state index is 11.8. The van der Waals surface area contributed by atoms with Crippen LogP contribution in [0.4, 0.5) is 5.69 Å². The van der Waals surface area contributed by atoms with Crippen molar-refractivity contribution in [1.82, 2.24) is 4.72 Å². The lowest BCUT2D eigenvalue weighted by molar-refractivity contribution is 0.411. The van der Waals surface area contributed by atoms with E-state index in [-0.39, 0.29) is 0 Å². The molecule has 0 bridgehead atoms. The van der Waals surface area contributed by atoms with Gasteiger partial charge in [0.05, 0.1) is 4.90 Å². The molecule has 4 N–H and O–H groups in total. The molecule has 1 fully saturated rings. The van der Waals surface area contributed by atoms with Crippen LogP contribution in [0, 0.1) is 0 Å². The van der Waals surface area contributed by atoms with Gasteiger partial charge in [-0.1, -0.05) is 6.92 Å². The van der Waals surface area contributed by atoms with Gasteiger partial charge in [-0.3, -0.25) is 0 Å². The summed E-state index contributed by atoms with van der Waals surface area (Å²) in [5.74, 6) is 0. The summed E-state index contributed by atoms with van der Waals surface area (Å²) >= 11 is 0. The predicted octanol–water partition coefficient (Wildman–Crippen LogP) is 1.67. The summed E-state index contributed by atoms with van der Waals surface area (Å²) in [6, 6.07) is 7.67. The van der Waals surface area contributed by atoms with Crippen molar-refractivity contribution in [1.29, 1.82) is 0 Å². The minimum atomic E-state index is -3.36. The number of rotatable bonds is 5. The first kappa shape index (κ1) is 15.3. The van der Waals surface area contributed by atoms with Crippen LogP contribution < -0.4 is 15.8 Å². The van der Waals surface area contributed by atoms with E-state index < -0.39 is 10.0 Å². The zero-order valence-electron chi connectivity index (χ0n) is 11.8. The lowest BCUT2D eigenvalue weighted by atomic mass is 9.92. The minimum absolute atomic E-state index is 0.301. The molecule has 0 aliphatic heterocycles. The highest BCUT2D eigenvalue weighted by Crippen LogP contribution is 2.22. The van der Waals surface area contributed by atoms with Crippen LogP contribution in [0.2, 0.25) is 0 Å². The molecule has 0 radical (unpaired) electrons. The van der Waals surface area contributed by atoms with Crippen LogP contribution in [0.1, 0.15) is 32.6 Å². The van der Waals surface area contributed by atoms with Gasteiger partial charge in [-0.15, -0.1) is 0 Å². The molecule has 20 heavy (non-hydrogen) atoms. The van der Waals surface area contributed by atoms with Crippen molar-refractivity contribution in [2.24, 2.45) is 5.73 Å². The van der Waals surface area contributed by atoms with Gasteiger partial charge >= 0.3 is 0 Å². The second kappa shape index (κ2) is 6.56. The molecule has 1 aromatic carbocycles. The Labute approximate surface area is 121 Å². The second-order valence-corrected chi connectivity index (χ2v) is 7.05. The third-order valence-electron chi connectivity index (χ3n) is 3.64. The van der Waals surface area contributed by atoms with Crippen LogP contribution in [0.25, 0.3) is 0 Å². The second-order valence-electron chi connectivity index (χ2n) is 5.28. The molecule has 0 aromatic heterocycles. The first-order valence-electron chi connectivity index (χ1n) is 7.13. The van der Waals surface area contributed by atoms with E-state index in [1.165, 1.54) is 0 Å². The molecule has 0 spiro atoms. The van der Waals surface area contributed by atoms with E-state index in [0.29, 0.717) is 23.5 Å². The van der Waals surface area contributed by atoms with Crippen molar-refractivity contribution in [3.8, 4) is 0 Å². The average molecular weight is 297 g/mol. The number of sulfonamides is 1.